The summed E-state index contributed by atoms with van der Waals surface area (Å²) in [5.74, 6) is 1.52. The fourth-order valence-corrected chi connectivity index (χ4v) is 3.45. The Hall–Kier alpha value is -2.37. The Labute approximate surface area is 152 Å². The predicted octanol–water partition coefficient (Wildman–Crippen LogP) is 4.36. The van der Waals surface area contributed by atoms with Crippen LogP contribution in [0.15, 0.2) is 59.6 Å². The molecule has 0 aliphatic rings. The van der Waals surface area contributed by atoms with Crippen LogP contribution in [0.3, 0.4) is 0 Å². The molecular formula is C20H22N2O2S. The minimum absolute atomic E-state index is 0.754. The Bertz CT molecular complexity index is 776. The number of hydrogen-bond acceptors (Lipinski definition) is 5. The summed E-state index contributed by atoms with van der Waals surface area (Å²) in [5.41, 5.74) is 3.78. The number of methoxy groups -OCH3 is 2. The van der Waals surface area contributed by atoms with Crippen molar-refractivity contribution in [2.45, 2.75) is 19.6 Å². The molecule has 0 aliphatic carbocycles. The Kier molecular flexibility index (Phi) is 6.04. The molecule has 2 heterocycles. The van der Waals surface area contributed by atoms with E-state index in [0.29, 0.717) is 0 Å². The van der Waals surface area contributed by atoms with Crippen LogP contribution in [0, 0.1) is 0 Å². The number of pyridine rings is 1. The van der Waals surface area contributed by atoms with Crippen LogP contribution >= 0.6 is 11.3 Å². The molecule has 3 aromatic rings. The van der Waals surface area contributed by atoms with Crippen molar-refractivity contribution in [3.63, 3.8) is 0 Å². The third-order valence-corrected chi connectivity index (χ3v) is 4.73. The molecule has 0 amide bonds. The average molecular weight is 354 g/mol. The first-order valence-electron chi connectivity index (χ1n) is 8.11. The van der Waals surface area contributed by atoms with Gasteiger partial charge in [0.1, 0.15) is 0 Å². The maximum absolute atomic E-state index is 5.43. The zero-order chi connectivity index (χ0) is 17.5. The number of aromatic nitrogens is 1. The second-order valence-electron chi connectivity index (χ2n) is 5.82. The topological polar surface area (TPSA) is 34.6 Å². The molecule has 0 aliphatic heterocycles. The highest BCUT2D eigenvalue weighted by Gasteiger charge is 2.11. The van der Waals surface area contributed by atoms with Gasteiger partial charge in [-0.2, -0.15) is 11.3 Å². The fraction of sp³-hybridized carbons (Fsp3) is 0.250. The van der Waals surface area contributed by atoms with Gasteiger partial charge in [-0.3, -0.25) is 9.88 Å². The molecule has 0 saturated carbocycles. The van der Waals surface area contributed by atoms with Gasteiger partial charge >= 0.3 is 0 Å². The standard InChI is InChI=1S/C20H22N2O2S/c1-23-19-4-3-17(11-20(19)24-2)13-22(14-18-7-10-25-15-18)12-16-5-8-21-9-6-16/h3-11,15H,12-14H2,1-2H3. The van der Waals surface area contributed by atoms with E-state index in [0.717, 1.165) is 31.1 Å². The van der Waals surface area contributed by atoms with Crippen molar-refractivity contribution in [2.75, 3.05) is 14.2 Å². The molecule has 1 aromatic carbocycles. The molecule has 0 unspecified atom stereocenters. The Morgan fingerprint density at radius 2 is 1.56 bits per heavy atom. The summed E-state index contributed by atoms with van der Waals surface area (Å²) in [4.78, 5) is 6.52. The highest BCUT2D eigenvalue weighted by molar-refractivity contribution is 7.07. The van der Waals surface area contributed by atoms with Crippen LogP contribution < -0.4 is 9.47 Å². The van der Waals surface area contributed by atoms with Crippen LogP contribution in [0.4, 0.5) is 0 Å². The summed E-state index contributed by atoms with van der Waals surface area (Å²) in [7, 11) is 3.32. The van der Waals surface area contributed by atoms with E-state index in [-0.39, 0.29) is 0 Å². The van der Waals surface area contributed by atoms with Crippen molar-refractivity contribution >= 4 is 11.3 Å². The van der Waals surface area contributed by atoms with Crippen LogP contribution in [-0.2, 0) is 19.6 Å². The maximum Gasteiger partial charge on any atom is 0.161 e. The number of rotatable bonds is 8. The minimum atomic E-state index is 0.754. The Balaban J connectivity index is 1.79. The van der Waals surface area contributed by atoms with Gasteiger partial charge in [0.05, 0.1) is 14.2 Å². The van der Waals surface area contributed by atoms with Gasteiger partial charge in [-0.15, -0.1) is 0 Å². The van der Waals surface area contributed by atoms with Gasteiger partial charge in [0.25, 0.3) is 0 Å². The smallest absolute Gasteiger partial charge is 0.161 e. The van der Waals surface area contributed by atoms with Gasteiger partial charge in [-0.1, -0.05) is 6.07 Å². The van der Waals surface area contributed by atoms with E-state index in [2.05, 4.69) is 44.9 Å². The van der Waals surface area contributed by atoms with Gasteiger partial charge in [0.15, 0.2) is 11.5 Å². The molecule has 0 N–H and O–H groups in total. The first-order chi connectivity index (χ1) is 12.3. The molecule has 0 radical (unpaired) electrons. The summed E-state index contributed by atoms with van der Waals surface area (Å²) in [5, 5.41) is 4.32. The zero-order valence-corrected chi connectivity index (χ0v) is 15.3. The second kappa shape index (κ2) is 8.65. The van der Waals surface area contributed by atoms with E-state index in [9.17, 15) is 0 Å². The Morgan fingerprint density at radius 3 is 2.24 bits per heavy atom. The number of hydrogen-bond donors (Lipinski definition) is 0. The van der Waals surface area contributed by atoms with Gasteiger partial charge < -0.3 is 9.47 Å². The molecule has 130 valence electrons. The summed E-state index contributed by atoms with van der Waals surface area (Å²) >= 11 is 1.73. The van der Waals surface area contributed by atoms with Gasteiger partial charge in [-0.25, -0.2) is 0 Å². The molecular weight excluding hydrogens is 332 g/mol. The monoisotopic (exact) mass is 354 g/mol. The van der Waals surface area contributed by atoms with E-state index in [1.165, 1.54) is 16.7 Å². The van der Waals surface area contributed by atoms with Crippen LogP contribution in [0.1, 0.15) is 16.7 Å². The summed E-state index contributed by atoms with van der Waals surface area (Å²) in [6.45, 7) is 2.60. The third-order valence-electron chi connectivity index (χ3n) is 4.00. The van der Waals surface area contributed by atoms with E-state index in [1.54, 1.807) is 25.6 Å². The first kappa shape index (κ1) is 17.5. The summed E-state index contributed by atoms with van der Waals surface area (Å²) in [6.07, 6.45) is 3.68. The van der Waals surface area contributed by atoms with Gasteiger partial charge in [-0.05, 0) is 57.8 Å². The number of benzene rings is 1. The van der Waals surface area contributed by atoms with E-state index in [1.807, 2.05) is 24.5 Å². The predicted molar refractivity (Wildman–Crippen MR) is 101 cm³/mol. The molecule has 5 heteroatoms. The van der Waals surface area contributed by atoms with E-state index in [4.69, 9.17) is 9.47 Å². The highest BCUT2D eigenvalue weighted by atomic mass is 32.1. The molecule has 0 fully saturated rings. The normalized spacial score (nSPS) is 10.8. The largest absolute Gasteiger partial charge is 0.493 e. The molecule has 0 atom stereocenters. The van der Waals surface area contributed by atoms with Crippen LogP contribution in [0.2, 0.25) is 0 Å². The second-order valence-corrected chi connectivity index (χ2v) is 6.60. The SMILES string of the molecule is COc1ccc(CN(Cc2ccncc2)Cc2ccsc2)cc1OC. The first-order valence-corrected chi connectivity index (χ1v) is 9.06. The van der Waals surface area contributed by atoms with E-state index < -0.39 is 0 Å². The molecule has 2 aromatic heterocycles. The lowest BCUT2D eigenvalue weighted by Gasteiger charge is -2.22. The quantitative estimate of drug-likeness (QED) is 0.602. The average Bonchev–Trinajstić information content (AvgIpc) is 3.15. The maximum atomic E-state index is 5.43. The van der Waals surface area contributed by atoms with Gasteiger partial charge in [0, 0.05) is 32.0 Å². The fourth-order valence-electron chi connectivity index (χ4n) is 2.79. The van der Waals surface area contributed by atoms with Crippen molar-refractivity contribution in [1.29, 1.82) is 0 Å². The molecule has 0 spiro atoms. The van der Waals surface area contributed by atoms with Crippen molar-refractivity contribution < 1.29 is 9.47 Å². The molecule has 0 saturated heterocycles. The number of nitrogens with zero attached hydrogens (tertiary/aromatic N) is 2. The molecule has 0 bridgehead atoms. The van der Waals surface area contributed by atoms with Crippen molar-refractivity contribution in [3.8, 4) is 11.5 Å². The number of ether oxygens (including phenoxy) is 2. The molecule has 4 nitrogen and oxygen atoms in total. The lowest BCUT2D eigenvalue weighted by molar-refractivity contribution is 0.247. The van der Waals surface area contributed by atoms with Gasteiger partial charge in [0.2, 0.25) is 0 Å². The molecule has 3 rings (SSSR count). The lowest BCUT2D eigenvalue weighted by Crippen LogP contribution is -2.22. The van der Waals surface area contributed by atoms with E-state index >= 15 is 0 Å². The highest BCUT2D eigenvalue weighted by Crippen LogP contribution is 2.28. The van der Waals surface area contributed by atoms with Crippen LogP contribution in [0.25, 0.3) is 0 Å². The van der Waals surface area contributed by atoms with Crippen LogP contribution in [0.5, 0.6) is 11.5 Å². The van der Waals surface area contributed by atoms with Crippen molar-refractivity contribution in [3.05, 3.63) is 76.2 Å². The van der Waals surface area contributed by atoms with Crippen molar-refractivity contribution in [2.24, 2.45) is 0 Å². The lowest BCUT2D eigenvalue weighted by atomic mass is 10.1. The zero-order valence-electron chi connectivity index (χ0n) is 14.5. The number of thiophene rings is 1. The summed E-state index contributed by atoms with van der Waals surface area (Å²) in [6, 6.07) is 12.4. The van der Waals surface area contributed by atoms with Crippen molar-refractivity contribution in [1.82, 2.24) is 9.88 Å². The third kappa shape index (κ3) is 4.81. The Morgan fingerprint density at radius 1 is 0.840 bits per heavy atom. The molecule has 25 heavy (non-hydrogen) atoms. The van der Waals surface area contributed by atoms with Crippen LogP contribution in [-0.4, -0.2) is 24.1 Å². The summed E-state index contributed by atoms with van der Waals surface area (Å²) < 4.78 is 10.8. The minimum Gasteiger partial charge on any atom is -0.493 e.